The van der Waals surface area contributed by atoms with Gasteiger partial charge in [-0.15, -0.1) is 11.3 Å². The number of nitrogens with one attached hydrogen (secondary N) is 1. The molecular weight excluding hydrogens is 641 g/mol. The third kappa shape index (κ3) is 3.37. The maximum atomic E-state index is 5.38. The number of hydrogen-bond acceptors (Lipinski definition) is 3. The SMILES string of the molecule is c1ccc2c(c1)CCc1c-2c2cc3c(cc2n1-c1cc2c4c(c1)c1cc5ccccc5cc1n4C1Nc4ccccc4N=C21)sc1ccccc13. The zero-order chi connectivity index (χ0) is 32.9. The summed E-state index contributed by atoms with van der Waals surface area (Å²) in [5.41, 5.74) is 14.9. The van der Waals surface area contributed by atoms with Crippen LogP contribution in [0.2, 0.25) is 0 Å². The molecule has 0 radical (unpaired) electrons. The van der Waals surface area contributed by atoms with Crippen LogP contribution in [0.15, 0.2) is 138 Å². The first-order chi connectivity index (χ1) is 25.3. The minimum absolute atomic E-state index is 0.0771. The van der Waals surface area contributed by atoms with E-state index in [1.165, 1.54) is 97.3 Å². The number of aryl methyl sites for hydroxylation is 1. The summed E-state index contributed by atoms with van der Waals surface area (Å²) >= 11 is 1.90. The zero-order valence-corrected chi connectivity index (χ0v) is 28.3. The molecule has 1 atom stereocenters. The molecule has 1 aliphatic carbocycles. The monoisotopic (exact) mass is 668 g/mol. The van der Waals surface area contributed by atoms with Crippen molar-refractivity contribution in [2.24, 2.45) is 4.99 Å². The summed E-state index contributed by atoms with van der Waals surface area (Å²) in [6.07, 6.45) is 1.95. The number of fused-ring (bicyclic) bond motifs is 16. The fourth-order valence-corrected chi connectivity index (χ4v) is 10.7. The molecule has 2 aliphatic heterocycles. The van der Waals surface area contributed by atoms with Crippen LogP contribution in [0.5, 0.6) is 0 Å². The van der Waals surface area contributed by atoms with Crippen LogP contribution in [-0.4, -0.2) is 14.8 Å². The average Bonchev–Trinajstić information content (AvgIpc) is 3.90. The average molecular weight is 669 g/mol. The maximum absolute atomic E-state index is 5.38. The van der Waals surface area contributed by atoms with Crippen LogP contribution in [0.25, 0.3) is 80.5 Å². The quantitative estimate of drug-likeness (QED) is 0.186. The summed E-state index contributed by atoms with van der Waals surface area (Å²) in [6, 6.07) is 49.7. The summed E-state index contributed by atoms with van der Waals surface area (Å²) in [5.74, 6) is 0. The van der Waals surface area contributed by atoms with Gasteiger partial charge in [0.2, 0.25) is 0 Å². The molecule has 10 aromatic rings. The van der Waals surface area contributed by atoms with Crippen LogP contribution in [0.4, 0.5) is 11.4 Å². The van der Waals surface area contributed by atoms with E-state index >= 15 is 0 Å². The number of para-hydroxylation sites is 2. The molecule has 3 aliphatic rings. The number of thiophene rings is 1. The van der Waals surface area contributed by atoms with E-state index in [9.17, 15) is 0 Å². The van der Waals surface area contributed by atoms with E-state index in [4.69, 9.17) is 4.99 Å². The highest BCUT2D eigenvalue weighted by atomic mass is 32.1. The second kappa shape index (κ2) is 9.33. The number of hydrogen-bond donors (Lipinski definition) is 1. The van der Waals surface area contributed by atoms with E-state index in [0.717, 1.165) is 29.9 Å². The molecule has 0 spiro atoms. The number of aromatic nitrogens is 2. The van der Waals surface area contributed by atoms with Gasteiger partial charge < -0.3 is 14.5 Å². The Hall–Kier alpha value is -6.17. The highest BCUT2D eigenvalue weighted by Crippen LogP contribution is 2.50. The fourth-order valence-electron chi connectivity index (χ4n) is 9.56. The van der Waals surface area contributed by atoms with Gasteiger partial charge in [-0.05, 0) is 89.3 Å². The molecule has 0 bridgehead atoms. The number of rotatable bonds is 1. The van der Waals surface area contributed by atoms with E-state index in [1.54, 1.807) is 0 Å². The van der Waals surface area contributed by atoms with Crippen molar-refractivity contribution in [2.45, 2.75) is 19.0 Å². The molecule has 238 valence electrons. The van der Waals surface area contributed by atoms with Crippen molar-refractivity contribution in [1.29, 1.82) is 0 Å². The summed E-state index contributed by atoms with van der Waals surface area (Å²) in [5, 5.41) is 13.0. The Kier molecular flexibility index (Phi) is 4.88. The predicted octanol–water partition coefficient (Wildman–Crippen LogP) is 12.1. The molecule has 3 aromatic heterocycles. The second-order valence-corrected chi connectivity index (χ2v) is 15.4. The van der Waals surface area contributed by atoms with Crippen molar-refractivity contribution in [3.8, 4) is 16.8 Å². The van der Waals surface area contributed by atoms with Gasteiger partial charge in [-0.2, -0.15) is 0 Å². The van der Waals surface area contributed by atoms with Crippen molar-refractivity contribution in [3.05, 3.63) is 150 Å². The van der Waals surface area contributed by atoms with Crippen molar-refractivity contribution in [1.82, 2.24) is 9.13 Å². The van der Waals surface area contributed by atoms with Crippen LogP contribution in [0.1, 0.15) is 23.0 Å². The Balaban J connectivity index is 1.18. The summed E-state index contributed by atoms with van der Waals surface area (Å²) < 4.78 is 7.78. The van der Waals surface area contributed by atoms with Gasteiger partial charge in [0, 0.05) is 58.8 Å². The molecule has 51 heavy (non-hydrogen) atoms. The van der Waals surface area contributed by atoms with E-state index in [1.807, 2.05) is 11.3 Å². The number of benzene rings is 7. The first kappa shape index (κ1) is 26.7. The van der Waals surface area contributed by atoms with Crippen molar-refractivity contribution >= 4 is 92.1 Å². The molecule has 1 unspecified atom stereocenters. The minimum atomic E-state index is -0.0771. The number of aliphatic imine (C=N–C) groups is 1. The Morgan fingerprint density at radius 3 is 2.39 bits per heavy atom. The Bertz CT molecular complexity index is 3240. The second-order valence-electron chi connectivity index (χ2n) is 14.3. The molecule has 0 saturated carbocycles. The molecule has 0 saturated heterocycles. The van der Waals surface area contributed by atoms with Crippen molar-refractivity contribution in [3.63, 3.8) is 0 Å². The van der Waals surface area contributed by atoms with E-state index < -0.39 is 0 Å². The van der Waals surface area contributed by atoms with E-state index in [0.29, 0.717) is 0 Å². The summed E-state index contributed by atoms with van der Waals surface area (Å²) in [7, 11) is 0. The molecule has 0 amide bonds. The van der Waals surface area contributed by atoms with Gasteiger partial charge in [0.15, 0.2) is 0 Å². The minimum Gasteiger partial charge on any atom is -0.358 e. The van der Waals surface area contributed by atoms with Gasteiger partial charge >= 0.3 is 0 Å². The zero-order valence-electron chi connectivity index (χ0n) is 27.4. The highest BCUT2D eigenvalue weighted by molar-refractivity contribution is 7.25. The largest absolute Gasteiger partial charge is 0.358 e. The Morgan fingerprint density at radius 2 is 1.43 bits per heavy atom. The third-order valence-corrected chi connectivity index (χ3v) is 12.9. The van der Waals surface area contributed by atoms with Crippen LogP contribution < -0.4 is 5.32 Å². The molecule has 4 nitrogen and oxygen atoms in total. The van der Waals surface area contributed by atoms with E-state index in [2.05, 4.69) is 148 Å². The van der Waals surface area contributed by atoms with E-state index in [-0.39, 0.29) is 6.17 Å². The Morgan fingerprint density at radius 1 is 0.608 bits per heavy atom. The van der Waals surface area contributed by atoms with Crippen LogP contribution in [0, 0.1) is 0 Å². The maximum Gasteiger partial charge on any atom is 0.148 e. The van der Waals surface area contributed by atoms with Crippen molar-refractivity contribution < 1.29 is 0 Å². The topological polar surface area (TPSA) is 34.2 Å². The third-order valence-electron chi connectivity index (χ3n) is 11.7. The number of nitrogens with zero attached hydrogens (tertiary/aromatic N) is 3. The lowest BCUT2D eigenvalue weighted by atomic mass is 9.88. The lowest BCUT2D eigenvalue weighted by Gasteiger charge is -2.25. The molecule has 13 rings (SSSR count). The van der Waals surface area contributed by atoms with Gasteiger partial charge in [-0.3, -0.25) is 0 Å². The van der Waals surface area contributed by atoms with Gasteiger partial charge in [0.25, 0.3) is 0 Å². The molecule has 5 heterocycles. The predicted molar refractivity (Wildman–Crippen MR) is 215 cm³/mol. The smallest absolute Gasteiger partial charge is 0.148 e. The summed E-state index contributed by atoms with van der Waals surface area (Å²) in [6.45, 7) is 0. The van der Waals surface area contributed by atoms with Crippen molar-refractivity contribution in [2.75, 3.05) is 5.32 Å². The molecule has 0 fully saturated rings. The normalized spacial score (nSPS) is 15.8. The first-order valence-electron chi connectivity index (χ1n) is 17.8. The first-order valence-corrected chi connectivity index (χ1v) is 18.6. The Labute approximate surface area is 296 Å². The fraction of sp³-hybridized carbons (Fsp3) is 0.0652. The molecule has 7 aromatic carbocycles. The van der Waals surface area contributed by atoms with Crippen LogP contribution in [0.3, 0.4) is 0 Å². The van der Waals surface area contributed by atoms with Crippen LogP contribution >= 0.6 is 11.3 Å². The molecule has 5 heteroatoms. The standard InChI is InChI=1S/C46H28N4S/c1-2-11-27-20-39-31(19-26(27)10-1)33-21-28(22-35-44-46(50(39)45(33)35)48-37-15-7-6-14-36(37)47-44)49-38-18-17-25-9-3-4-12-29(25)43(38)34-23-32-30-13-5-8-16-41(30)51-42(32)24-40(34)49/h1-16,19-24,46,48H,17-18H2. The van der Waals surface area contributed by atoms with Crippen LogP contribution in [-0.2, 0) is 12.8 Å². The summed E-state index contributed by atoms with van der Waals surface area (Å²) in [4.78, 5) is 5.38. The molecular formula is C46H28N4S. The van der Waals surface area contributed by atoms with Gasteiger partial charge in [0.05, 0.1) is 33.6 Å². The van der Waals surface area contributed by atoms with Gasteiger partial charge in [0.1, 0.15) is 6.17 Å². The number of anilines is 1. The lowest BCUT2D eigenvalue weighted by molar-refractivity contribution is 0.779. The highest BCUT2D eigenvalue weighted by Gasteiger charge is 2.37. The van der Waals surface area contributed by atoms with Gasteiger partial charge in [-0.1, -0.05) is 78.9 Å². The molecule has 1 N–H and O–H groups in total. The van der Waals surface area contributed by atoms with Gasteiger partial charge in [-0.25, -0.2) is 4.99 Å². The lowest BCUT2D eigenvalue weighted by Crippen LogP contribution is -2.25.